The number of aliphatic carboxylic acids is 1. The van der Waals surface area contributed by atoms with Crippen LogP contribution in [0.25, 0.3) is 11.1 Å². The molecule has 3 rings (SSSR count). The van der Waals surface area contributed by atoms with Gasteiger partial charge in [0.15, 0.2) is 0 Å². The van der Waals surface area contributed by atoms with Gasteiger partial charge in [-0.05, 0) is 28.7 Å². The molecular formula is C21H23NO4. The van der Waals surface area contributed by atoms with Crippen molar-refractivity contribution < 1.29 is 19.4 Å². The highest BCUT2D eigenvalue weighted by Crippen LogP contribution is 2.44. The SMILES string of the molecule is [13CH3][13CH2][13CH2][13CH2][13C@H]([15NH]C(=O)OCC1c2ccccc2-c2ccccc21)[13C](=O)O. The van der Waals surface area contributed by atoms with Gasteiger partial charge in [-0.1, -0.05) is 68.3 Å². The van der Waals surface area contributed by atoms with Crippen molar-refractivity contribution in [1.82, 2.24) is 5.32 Å². The fraction of sp³-hybridized carbons (Fsp3) is 0.333. The van der Waals surface area contributed by atoms with Crippen molar-refractivity contribution in [2.24, 2.45) is 0 Å². The van der Waals surface area contributed by atoms with E-state index in [9.17, 15) is 14.7 Å². The molecule has 2 aromatic carbocycles. The van der Waals surface area contributed by atoms with E-state index in [4.69, 9.17) is 4.74 Å². The highest BCUT2D eigenvalue weighted by atomic mass is 16.6. The molecule has 136 valence electrons. The molecule has 0 heterocycles. The first-order chi connectivity index (χ1) is 12.6. The zero-order valence-electron chi connectivity index (χ0n) is 14.8. The van der Waals surface area contributed by atoms with E-state index in [1.807, 2.05) is 43.3 Å². The smallest absolute Gasteiger partial charge is 0.407 e. The zero-order valence-corrected chi connectivity index (χ0v) is 14.8. The predicted octanol–water partition coefficient (Wildman–Crippen LogP) is 4.17. The number of nitrogens with one attached hydrogen (secondary N) is 1. The van der Waals surface area contributed by atoms with Gasteiger partial charge in [0, 0.05) is 5.92 Å². The van der Waals surface area contributed by atoms with Crippen LogP contribution in [0.15, 0.2) is 48.5 Å². The van der Waals surface area contributed by atoms with Crippen molar-refractivity contribution in [2.75, 3.05) is 6.61 Å². The number of ether oxygens (including phenoxy) is 1. The van der Waals surface area contributed by atoms with Crippen LogP contribution in [0.2, 0.25) is 0 Å². The van der Waals surface area contributed by atoms with Crippen molar-refractivity contribution >= 4 is 12.1 Å². The summed E-state index contributed by atoms with van der Waals surface area (Å²) in [4.78, 5) is 23.4. The lowest BCUT2D eigenvalue weighted by Crippen LogP contribution is -2.41. The third kappa shape index (κ3) is 3.72. The van der Waals surface area contributed by atoms with Crippen molar-refractivity contribution in [2.45, 2.75) is 38.1 Å². The number of amides is 1. The van der Waals surface area contributed by atoms with Crippen molar-refractivity contribution in [3.8, 4) is 11.1 Å². The molecule has 0 fully saturated rings. The number of hydrogen-bond donors (Lipinski definition) is 2. The summed E-state index contributed by atoms with van der Waals surface area (Å²) in [6.07, 6.45) is 1.32. The minimum Gasteiger partial charge on any atom is -0.480 e. The van der Waals surface area contributed by atoms with Gasteiger partial charge in [-0.2, -0.15) is 0 Å². The molecule has 1 amide bonds. The zero-order chi connectivity index (χ0) is 18.5. The van der Waals surface area contributed by atoms with Crippen LogP contribution in [0.3, 0.4) is 0 Å². The van der Waals surface area contributed by atoms with E-state index in [0.717, 1.165) is 35.1 Å². The van der Waals surface area contributed by atoms with Crippen LogP contribution < -0.4 is 5.32 Å². The Morgan fingerprint density at radius 3 is 2.19 bits per heavy atom. The molecule has 0 saturated carbocycles. The summed E-state index contributed by atoms with van der Waals surface area (Å²) in [6.45, 7) is 2.16. The topological polar surface area (TPSA) is 75.6 Å². The van der Waals surface area contributed by atoms with Gasteiger partial charge in [0.1, 0.15) is 12.6 Å². The largest absolute Gasteiger partial charge is 0.480 e. The van der Waals surface area contributed by atoms with Crippen LogP contribution in [0.5, 0.6) is 0 Å². The molecule has 1 atom stereocenters. The molecule has 0 bridgehead atoms. The molecule has 0 spiro atoms. The van der Waals surface area contributed by atoms with E-state index in [1.54, 1.807) is 0 Å². The molecule has 1 aliphatic carbocycles. The van der Waals surface area contributed by atoms with Crippen molar-refractivity contribution in [3.05, 3.63) is 59.7 Å². The van der Waals surface area contributed by atoms with Gasteiger partial charge in [-0.25, -0.2) is 9.59 Å². The number of hydrogen-bond acceptors (Lipinski definition) is 3. The van der Waals surface area contributed by atoms with Gasteiger partial charge in [0.25, 0.3) is 0 Å². The lowest BCUT2D eigenvalue weighted by atomic mass is 9.98. The van der Waals surface area contributed by atoms with E-state index in [1.165, 1.54) is 0 Å². The van der Waals surface area contributed by atoms with Crippen molar-refractivity contribution in [3.63, 3.8) is 0 Å². The van der Waals surface area contributed by atoms with Crippen molar-refractivity contribution in [1.29, 1.82) is 0 Å². The molecule has 1 aliphatic rings. The number of carbonyl (C=O) groups excluding carboxylic acids is 1. The summed E-state index contributed by atoms with van der Waals surface area (Å²) in [6, 6.07) is 15.3. The van der Waals surface area contributed by atoms with Crippen LogP contribution >= 0.6 is 0 Å². The quantitative estimate of drug-likeness (QED) is 0.574. The summed E-state index contributed by atoms with van der Waals surface area (Å²) in [5.74, 6) is -1.07. The second kappa shape index (κ2) is 8.04. The Bertz CT molecular complexity index is 757. The maximum Gasteiger partial charge on any atom is 0.407 e. The normalized spacial score (nSPS) is 13.6. The molecule has 0 saturated heterocycles. The maximum atomic E-state index is 12.1. The first-order valence-corrected chi connectivity index (χ1v) is 8.96. The highest BCUT2D eigenvalue weighted by Gasteiger charge is 2.29. The van der Waals surface area contributed by atoms with E-state index >= 15 is 0 Å². The summed E-state index contributed by atoms with van der Waals surface area (Å²) >= 11 is 0. The maximum absolute atomic E-state index is 12.1. The summed E-state index contributed by atoms with van der Waals surface area (Å²) in [7, 11) is 0. The minimum atomic E-state index is -1.04. The van der Waals surface area contributed by atoms with Gasteiger partial charge in [0.2, 0.25) is 0 Å². The number of rotatable bonds is 7. The second-order valence-corrected chi connectivity index (χ2v) is 6.50. The lowest BCUT2D eigenvalue weighted by Gasteiger charge is -2.17. The van der Waals surface area contributed by atoms with Crippen LogP contribution in [0.4, 0.5) is 4.79 Å². The number of carboxylic acids is 1. The number of fused-ring (bicyclic) bond motifs is 3. The van der Waals surface area contributed by atoms with E-state index in [2.05, 4.69) is 17.4 Å². The Hall–Kier alpha value is -2.82. The Morgan fingerprint density at radius 2 is 1.65 bits per heavy atom. The molecule has 2 aromatic rings. The highest BCUT2D eigenvalue weighted by molar-refractivity contribution is 5.81. The average Bonchev–Trinajstić information content (AvgIpc) is 2.97. The Kier molecular flexibility index (Phi) is 5.56. The molecule has 0 radical (unpaired) electrons. The summed E-state index contributed by atoms with van der Waals surface area (Å²) < 4.78 is 5.39. The van der Waals surface area contributed by atoms with Crippen LogP contribution in [0.1, 0.15) is 43.2 Å². The van der Waals surface area contributed by atoms with Gasteiger partial charge in [-0.15, -0.1) is 0 Å². The molecule has 0 aliphatic heterocycles. The summed E-state index contributed by atoms with van der Waals surface area (Å²) in [5.41, 5.74) is 4.57. The predicted molar refractivity (Wildman–Crippen MR) is 99.2 cm³/mol. The number of benzene rings is 2. The number of carbonyl (C=O) groups is 2. The molecule has 0 unspecified atom stereocenters. The minimum absolute atomic E-state index is 0.0351. The number of carboxylic acid groups (broad SMARTS) is 1. The average molecular weight is 360 g/mol. The fourth-order valence-electron chi connectivity index (χ4n) is 3.45. The molecule has 0 aromatic heterocycles. The monoisotopic (exact) mass is 360 g/mol. The summed E-state index contributed by atoms with van der Waals surface area (Å²) in [5, 5.41) is 11.7. The van der Waals surface area contributed by atoms with Crippen LogP contribution in [-0.2, 0) is 9.53 Å². The fourth-order valence-corrected chi connectivity index (χ4v) is 3.45. The molecular weight excluding hydrogens is 337 g/mol. The van der Waals surface area contributed by atoms with Gasteiger partial charge >= 0.3 is 12.1 Å². The van der Waals surface area contributed by atoms with E-state index < -0.39 is 18.1 Å². The van der Waals surface area contributed by atoms with Crippen LogP contribution in [-0.4, -0.2) is 29.8 Å². The third-order valence-electron chi connectivity index (χ3n) is 4.78. The van der Waals surface area contributed by atoms with Gasteiger partial charge < -0.3 is 15.2 Å². The molecule has 26 heavy (non-hydrogen) atoms. The standard InChI is InChI=1S/C21H23NO4/c1-2-3-12-19(20(23)24)22-21(25)26-13-18-16-10-6-4-8-14(16)15-9-5-7-11-17(15)18/h4-11,18-19H,2-3,12-13H2,1H3,(H,22,25)(H,23,24)/t19-/m0/s1/i1+1,2+1,3+1,12+1,19+1,20+1,22+1. The van der Waals surface area contributed by atoms with E-state index in [0.29, 0.717) is 6.42 Å². The molecule has 5 nitrogen and oxygen atoms in total. The van der Waals surface area contributed by atoms with E-state index in [-0.39, 0.29) is 12.5 Å². The molecule has 2 N–H and O–H groups in total. The first kappa shape index (κ1) is 18.0. The Morgan fingerprint density at radius 1 is 1.08 bits per heavy atom. The first-order valence-electron chi connectivity index (χ1n) is 8.96. The number of unbranched alkanes of at least 4 members (excludes halogenated alkanes) is 1. The van der Waals surface area contributed by atoms with Crippen LogP contribution in [0, 0.1) is 0 Å². The lowest BCUT2D eigenvalue weighted by molar-refractivity contribution is -0.139. The Labute approximate surface area is 153 Å². The third-order valence-corrected chi connectivity index (χ3v) is 4.78. The van der Waals surface area contributed by atoms with Gasteiger partial charge in [-0.3, -0.25) is 0 Å². The number of alkyl carbamates (subject to hydrolysis) is 1. The van der Waals surface area contributed by atoms with Gasteiger partial charge in [0.05, 0.1) is 0 Å². The Balaban J connectivity index is 1.68. The second-order valence-electron chi connectivity index (χ2n) is 6.50. The molecule has 5 heteroatoms.